The highest BCUT2D eigenvalue weighted by atomic mass is 35.5. The van der Waals surface area contributed by atoms with E-state index in [-0.39, 0.29) is 11.8 Å². The predicted octanol–water partition coefficient (Wildman–Crippen LogP) is 3.63. The van der Waals surface area contributed by atoms with Gasteiger partial charge < -0.3 is 4.74 Å². The highest BCUT2D eigenvalue weighted by molar-refractivity contribution is 7.09. The van der Waals surface area contributed by atoms with Gasteiger partial charge in [-0.3, -0.25) is 4.79 Å². The van der Waals surface area contributed by atoms with Gasteiger partial charge in [-0.15, -0.1) is 11.3 Å². The summed E-state index contributed by atoms with van der Waals surface area (Å²) >= 11 is 7.42. The van der Waals surface area contributed by atoms with Crippen molar-refractivity contribution in [3.8, 4) is 0 Å². The summed E-state index contributed by atoms with van der Waals surface area (Å²) in [5.41, 5.74) is 1.26. The fourth-order valence-electron chi connectivity index (χ4n) is 1.73. The van der Waals surface area contributed by atoms with Crippen molar-refractivity contribution in [1.29, 1.82) is 0 Å². The van der Waals surface area contributed by atoms with Crippen molar-refractivity contribution in [2.24, 2.45) is 0 Å². The normalized spacial score (nSPS) is 10.6. The van der Waals surface area contributed by atoms with Gasteiger partial charge in [-0.1, -0.05) is 17.7 Å². The molecule has 0 aliphatic rings. The molecule has 2 rings (SSSR count). The molecule has 1 aromatic heterocycles. The van der Waals surface area contributed by atoms with Gasteiger partial charge in [0.25, 0.3) is 0 Å². The summed E-state index contributed by atoms with van der Waals surface area (Å²) in [4.78, 5) is 15.4. The number of rotatable bonds is 5. The molecule has 0 saturated carbocycles. The zero-order valence-electron chi connectivity index (χ0n) is 10.9. The molecule has 0 saturated heterocycles. The number of carbonyl (C=O) groups is 1. The smallest absolute Gasteiger partial charge is 0.305 e. The van der Waals surface area contributed by atoms with Gasteiger partial charge in [-0.2, -0.15) is 0 Å². The second-order valence-electron chi connectivity index (χ2n) is 4.19. The van der Waals surface area contributed by atoms with Crippen LogP contribution in [0.25, 0.3) is 0 Å². The molecular formula is C14H13ClFNO2S. The summed E-state index contributed by atoms with van der Waals surface area (Å²) in [6.45, 7) is 0. The van der Waals surface area contributed by atoms with Gasteiger partial charge in [0.05, 0.1) is 24.2 Å². The van der Waals surface area contributed by atoms with Crippen molar-refractivity contribution in [2.75, 3.05) is 7.11 Å². The fourth-order valence-corrected chi connectivity index (χ4v) is 2.80. The van der Waals surface area contributed by atoms with Crippen LogP contribution in [0, 0.1) is 5.82 Å². The molecular weight excluding hydrogens is 301 g/mol. The van der Waals surface area contributed by atoms with Crippen LogP contribution in [0.5, 0.6) is 0 Å². The summed E-state index contributed by atoms with van der Waals surface area (Å²) in [5.74, 6) is -0.597. The first-order valence-corrected chi connectivity index (χ1v) is 7.29. The number of aryl methyl sites for hydroxylation is 1. The summed E-state index contributed by atoms with van der Waals surface area (Å²) in [6.07, 6.45) is 1.17. The Bertz CT molecular complexity index is 595. The van der Waals surface area contributed by atoms with Gasteiger partial charge in [0.15, 0.2) is 0 Å². The Balaban J connectivity index is 2.04. The van der Waals surface area contributed by atoms with Crippen LogP contribution < -0.4 is 0 Å². The number of carbonyl (C=O) groups excluding carboxylic acids is 1. The average Bonchev–Trinajstić information content (AvgIpc) is 2.88. The molecule has 0 fully saturated rings. The molecule has 2 aromatic rings. The van der Waals surface area contributed by atoms with Crippen molar-refractivity contribution in [3.63, 3.8) is 0 Å². The van der Waals surface area contributed by atoms with Crippen molar-refractivity contribution in [3.05, 3.63) is 50.7 Å². The molecule has 0 N–H and O–H groups in total. The number of thiazole rings is 1. The molecule has 6 heteroatoms. The third-order valence-electron chi connectivity index (χ3n) is 2.80. The zero-order chi connectivity index (χ0) is 14.5. The van der Waals surface area contributed by atoms with Crippen LogP contribution in [0.15, 0.2) is 23.6 Å². The Morgan fingerprint density at radius 3 is 3.00 bits per heavy atom. The van der Waals surface area contributed by atoms with Crippen molar-refractivity contribution >= 4 is 28.9 Å². The lowest BCUT2D eigenvalue weighted by Gasteiger charge is -2.03. The van der Waals surface area contributed by atoms with E-state index in [4.69, 9.17) is 11.6 Å². The Morgan fingerprint density at radius 2 is 2.30 bits per heavy atom. The van der Waals surface area contributed by atoms with Crippen LogP contribution >= 0.6 is 22.9 Å². The van der Waals surface area contributed by atoms with E-state index in [0.717, 1.165) is 10.7 Å². The highest BCUT2D eigenvalue weighted by Crippen LogP contribution is 2.24. The van der Waals surface area contributed by atoms with Crippen LogP contribution in [0.3, 0.4) is 0 Å². The topological polar surface area (TPSA) is 39.2 Å². The average molecular weight is 314 g/mol. The highest BCUT2D eigenvalue weighted by Gasteiger charge is 2.11. The molecule has 0 aliphatic carbocycles. The molecule has 0 atom stereocenters. The third-order valence-corrected chi connectivity index (χ3v) is 4.05. The quantitative estimate of drug-likeness (QED) is 0.791. The minimum Gasteiger partial charge on any atom is -0.469 e. The number of ether oxygens (including phenoxy) is 1. The lowest BCUT2D eigenvalue weighted by atomic mass is 10.1. The Hall–Kier alpha value is -1.46. The van der Waals surface area contributed by atoms with Crippen molar-refractivity contribution < 1.29 is 13.9 Å². The summed E-state index contributed by atoms with van der Waals surface area (Å²) in [5, 5.41) is 3.04. The largest absolute Gasteiger partial charge is 0.469 e. The summed E-state index contributed by atoms with van der Waals surface area (Å²) in [6, 6.07) is 4.61. The fraction of sp³-hybridized carbons (Fsp3) is 0.286. The van der Waals surface area contributed by atoms with E-state index in [0.29, 0.717) is 29.8 Å². The Morgan fingerprint density at radius 1 is 1.50 bits per heavy atom. The number of hydrogen-bond acceptors (Lipinski definition) is 4. The van der Waals surface area contributed by atoms with E-state index in [1.165, 1.54) is 24.5 Å². The second-order valence-corrected chi connectivity index (χ2v) is 5.54. The van der Waals surface area contributed by atoms with Crippen molar-refractivity contribution in [2.45, 2.75) is 19.3 Å². The van der Waals surface area contributed by atoms with Gasteiger partial charge in [-0.05, 0) is 12.1 Å². The molecule has 3 nitrogen and oxygen atoms in total. The number of nitrogens with zero attached hydrogens (tertiary/aromatic N) is 1. The van der Waals surface area contributed by atoms with Crippen molar-refractivity contribution in [1.82, 2.24) is 4.98 Å². The predicted molar refractivity (Wildman–Crippen MR) is 76.7 cm³/mol. The first-order valence-electron chi connectivity index (χ1n) is 6.03. The molecule has 0 aliphatic heterocycles. The summed E-state index contributed by atoms with van der Waals surface area (Å²) < 4.78 is 18.2. The van der Waals surface area contributed by atoms with E-state index >= 15 is 0 Å². The maximum atomic E-state index is 13.7. The molecule has 20 heavy (non-hydrogen) atoms. The molecule has 0 radical (unpaired) electrons. The van der Waals surface area contributed by atoms with E-state index < -0.39 is 0 Å². The van der Waals surface area contributed by atoms with Crippen LogP contribution in [0.4, 0.5) is 4.39 Å². The molecule has 0 bridgehead atoms. The van der Waals surface area contributed by atoms with Gasteiger partial charge in [0, 0.05) is 28.8 Å². The SMILES string of the molecule is COC(=O)CCc1csc(Cc2c(F)cccc2Cl)n1. The van der Waals surface area contributed by atoms with Gasteiger partial charge in [0.1, 0.15) is 5.82 Å². The van der Waals surface area contributed by atoms with Gasteiger partial charge in [-0.25, -0.2) is 9.37 Å². The molecule has 0 unspecified atom stereocenters. The molecule has 0 spiro atoms. The lowest BCUT2D eigenvalue weighted by molar-refractivity contribution is -0.140. The molecule has 106 valence electrons. The maximum absolute atomic E-state index is 13.7. The third kappa shape index (κ3) is 3.77. The standard InChI is InChI=1S/C14H13ClFNO2S/c1-19-14(18)6-5-9-8-20-13(17-9)7-10-11(15)3-2-4-12(10)16/h2-4,8H,5-7H2,1H3. The minimum absolute atomic E-state index is 0.267. The molecule has 1 heterocycles. The van der Waals surface area contributed by atoms with E-state index in [2.05, 4.69) is 9.72 Å². The number of aromatic nitrogens is 1. The van der Waals surface area contributed by atoms with Crippen LogP contribution in [-0.4, -0.2) is 18.1 Å². The zero-order valence-corrected chi connectivity index (χ0v) is 12.4. The molecule has 1 aromatic carbocycles. The minimum atomic E-state index is -0.330. The Labute approximate surface area is 125 Å². The number of hydrogen-bond donors (Lipinski definition) is 0. The number of methoxy groups -OCH3 is 1. The maximum Gasteiger partial charge on any atom is 0.305 e. The van der Waals surface area contributed by atoms with Gasteiger partial charge >= 0.3 is 5.97 Å². The second kappa shape index (κ2) is 6.81. The lowest BCUT2D eigenvalue weighted by Crippen LogP contribution is -2.02. The summed E-state index contributed by atoms with van der Waals surface area (Å²) in [7, 11) is 1.36. The van der Waals surface area contributed by atoms with E-state index in [1.807, 2.05) is 5.38 Å². The number of esters is 1. The Kier molecular flexibility index (Phi) is 5.09. The van der Waals surface area contributed by atoms with Crippen LogP contribution in [-0.2, 0) is 22.4 Å². The first kappa shape index (κ1) is 14.9. The van der Waals surface area contributed by atoms with Gasteiger partial charge in [0.2, 0.25) is 0 Å². The number of benzene rings is 1. The van der Waals surface area contributed by atoms with E-state index in [1.54, 1.807) is 12.1 Å². The monoisotopic (exact) mass is 313 g/mol. The number of halogens is 2. The van der Waals surface area contributed by atoms with E-state index in [9.17, 15) is 9.18 Å². The van der Waals surface area contributed by atoms with Crippen LogP contribution in [0.2, 0.25) is 5.02 Å². The molecule has 0 amide bonds. The first-order chi connectivity index (χ1) is 9.60. The van der Waals surface area contributed by atoms with Crippen LogP contribution in [0.1, 0.15) is 22.7 Å².